The van der Waals surface area contributed by atoms with Crippen molar-refractivity contribution >= 4 is 28.9 Å². The number of hydrogen-bond donors (Lipinski definition) is 2. The SMILES string of the molecule is CN(C)c1ccc(NC(=O)c2ccc(CN)cc2)cc1Cl. The molecule has 0 aliphatic rings. The van der Waals surface area contributed by atoms with Gasteiger partial charge in [-0.25, -0.2) is 0 Å². The fraction of sp³-hybridized carbons (Fsp3) is 0.188. The van der Waals surface area contributed by atoms with Gasteiger partial charge in [0.2, 0.25) is 0 Å². The topological polar surface area (TPSA) is 58.4 Å². The summed E-state index contributed by atoms with van der Waals surface area (Å²) in [6.07, 6.45) is 0. The first kappa shape index (κ1) is 15.4. The van der Waals surface area contributed by atoms with Crippen LogP contribution in [0.4, 0.5) is 11.4 Å². The summed E-state index contributed by atoms with van der Waals surface area (Å²) in [5, 5.41) is 3.42. The molecule has 5 heteroatoms. The van der Waals surface area contributed by atoms with Gasteiger partial charge in [0.1, 0.15) is 0 Å². The Bertz CT molecular complexity index is 638. The summed E-state index contributed by atoms with van der Waals surface area (Å²) in [4.78, 5) is 14.1. The molecule has 0 aliphatic heterocycles. The first-order chi connectivity index (χ1) is 10.0. The van der Waals surface area contributed by atoms with Crippen molar-refractivity contribution in [3.63, 3.8) is 0 Å². The van der Waals surface area contributed by atoms with E-state index in [1.165, 1.54) is 0 Å². The Morgan fingerprint density at radius 3 is 2.38 bits per heavy atom. The summed E-state index contributed by atoms with van der Waals surface area (Å²) in [6, 6.07) is 12.6. The minimum absolute atomic E-state index is 0.174. The van der Waals surface area contributed by atoms with Gasteiger partial charge >= 0.3 is 0 Å². The normalized spacial score (nSPS) is 10.3. The second-order valence-electron chi connectivity index (χ2n) is 4.92. The quantitative estimate of drug-likeness (QED) is 0.912. The van der Waals surface area contributed by atoms with Crippen molar-refractivity contribution in [2.45, 2.75) is 6.54 Å². The molecule has 110 valence electrons. The minimum Gasteiger partial charge on any atom is -0.376 e. The van der Waals surface area contributed by atoms with Crippen LogP contribution in [-0.2, 0) is 6.54 Å². The Hall–Kier alpha value is -2.04. The zero-order valence-electron chi connectivity index (χ0n) is 12.1. The molecule has 2 aromatic rings. The lowest BCUT2D eigenvalue weighted by Gasteiger charge is -2.15. The highest BCUT2D eigenvalue weighted by atomic mass is 35.5. The second kappa shape index (κ2) is 6.61. The van der Waals surface area contributed by atoms with E-state index >= 15 is 0 Å². The summed E-state index contributed by atoms with van der Waals surface area (Å²) in [5.74, 6) is -0.174. The first-order valence-electron chi connectivity index (χ1n) is 6.58. The van der Waals surface area contributed by atoms with Crippen LogP contribution in [0.15, 0.2) is 42.5 Å². The zero-order chi connectivity index (χ0) is 15.4. The van der Waals surface area contributed by atoms with Crippen LogP contribution in [0.25, 0.3) is 0 Å². The average molecular weight is 304 g/mol. The van der Waals surface area contributed by atoms with Gasteiger partial charge in [0, 0.05) is 31.9 Å². The molecule has 3 N–H and O–H groups in total. The van der Waals surface area contributed by atoms with Crippen LogP contribution in [0.2, 0.25) is 5.02 Å². The highest BCUT2D eigenvalue weighted by Crippen LogP contribution is 2.27. The van der Waals surface area contributed by atoms with Gasteiger partial charge in [-0.1, -0.05) is 23.7 Å². The number of amides is 1. The van der Waals surface area contributed by atoms with E-state index in [0.717, 1.165) is 11.3 Å². The van der Waals surface area contributed by atoms with E-state index in [1.807, 2.05) is 43.3 Å². The van der Waals surface area contributed by atoms with Crippen molar-refractivity contribution in [3.05, 3.63) is 58.6 Å². The lowest BCUT2D eigenvalue weighted by molar-refractivity contribution is 0.102. The Balaban J connectivity index is 2.13. The van der Waals surface area contributed by atoms with Crippen molar-refractivity contribution in [1.82, 2.24) is 0 Å². The molecule has 0 spiro atoms. The number of nitrogens with zero attached hydrogens (tertiary/aromatic N) is 1. The molecule has 0 aromatic heterocycles. The number of halogens is 1. The Morgan fingerprint density at radius 2 is 1.86 bits per heavy atom. The van der Waals surface area contributed by atoms with E-state index in [4.69, 9.17) is 17.3 Å². The number of benzene rings is 2. The number of rotatable bonds is 4. The minimum atomic E-state index is -0.174. The lowest BCUT2D eigenvalue weighted by Crippen LogP contribution is -2.13. The molecule has 0 aliphatic carbocycles. The molecule has 0 saturated heterocycles. The van der Waals surface area contributed by atoms with E-state index in [0.29, 0.717) is 22.8 Å². The molecular formula is C16H18ClN3O. The smallest absolute Gasteiger partial charge is 0.255 e. The fourth-order valence-corrected chi connectivity index (χ4v) is 2.29. The summed E-state index contributed by atoms with van der Waals surface area (Å²) < 4.78 is 0. The number of hydrogen-bond acceptors (Lipinski definition) is 3. The van der Waals surface area contributed by atoms with Crippen molar-refractivity contribution < 1.29 is 4.79 Å². The van der Waals surface area contributed by atoms with Gasteiger partial charge in [0.15, 0.2) is 0 Å². The van der Waals surface area contributed by atoms with Gasteiger partial charge in [-0.3, -0.25) is 4.79 Å². The third kappa shape index (κ3) is 3.74. The maximum Gasteiger partial charge on any atom is 0.255 e. The van der Waals surface area contributed by atoms with Gasteiger partial charge < -0.3 is 16.0 Å². The summed E-state index contributed by atoms with van der Waals surface area (Å²) in [7, 11) is 3.83. The van der Waals surface area contributed by atoms with Crippen molar-refractivity contribution in [2.24, 2.45) is 5.73 Å². The third-order valence-corrected chi connectivity index (χ3v) is 3.44. The Morgan fingerprint density at radius 1 is 1.19 bits per heavy atom. The van der Waals surface area contributed by atoms with E-state index in [9.17, 15) is 4.79 Å². The summed E-state index contributed by atoms with van der Waals surface area (Å²) in [6.45, 7) is 0.462. The third-order valence-electron chi connectivity index (χ3n) is 3.14. The van der Waals surface area contributed by atoms with Crippen molar-refractivity contribution in [1.29, 1.82) is 0 Å². The molecule has 0 radical (unpaired) electrons. The van der Waals surface area contributed by atoms with Crippen molar-refractivity contribution in [3.8, 4) is 0 Å². The number of carbonyl (C=O) groups is 1. The number of carbonyl (C=O) groups excluding carboxylic acids is 1. The predicted molar refractivity (Wildman–Crippen MR) is 88.1 cm³/mol. The molecule has 0 atom stereocenters. The number of nitrogens with one attached hydrogen (secondary N) is 1. The van der Waals surface area contributed by atoms with Crippen molar-refractivity contribution in [2.75, 3.05) is 24.3 Å². The molecule has 2 rings (SSSR count). The van der Waals surface area contributed by atoms with Crippen LogP contribution in [0.3, 0.4) is 0 Å². The molecular weight excluding hydrogens is 286 g/mol. The van der Waals surface area contributed by atoms with Crippen LogP contribution in [-0.4, -0.2) is 20.0 Å². The lowest BCUT2D eigenvalue weighted by atomic mass is 10.1. The zero-order valence-corrected chi connectivity index (χ0v) is 12.8. The van der Waals surface area contributed by atoms with Crippen LogP contribution in [0, 0.1) is 0 Å². The fourth-order valence-electron chi connectivity index (χ4n) is 1.94. The predicted octanol–water partition coefficient (Wildman–Crippen LogP) is 3.12. The Labute approximate surface area is 129 Å². The molecule has 0 heterocycles. The second-order valence-corrected chi connectivity index (χ2v) is 5.32. The van der Waals surface area contributed by atoms with Gasteiger partial charge in [-0.15, -0.1) is 0 Å². The van der Waals surface area contributed by atoms with Crippen LogP contribution < -0.4 is 16.0 Å². The van der Waals surface area contributed by atoms with Crippen LogP contribution >= 0.6 is 11.6 Å². The van der Waals surface area contributed by atoms with Gasteiger partial charge in [-0.05, 0) is 35.9 Å². The number of nitrogens with two attached hydrogens (primary N) is 1. The van der Waals surface area contributed by atoms with E-state index < -0.39 is 0 Å². The summed E-state index contributed by atoms with van der Waals surface area (Å²) >= 11 is 6.19. The molecule has 0 saturated carbocycles. The number of anilines is 2. The van der Waals surface area contributed by atoms with E-state index in [1.54, 1.807) is 18.2 Å². The highest BCUT2D eigenvalue weighted by Gasteiger charge is 2.08. The maximum atomic E-state index is 12.1. The Kier molecular flexibility index (Phi) is 4.83. The molecule has 0 fully saturated rings. The van der Waals surface area contributed by atoms with Crippen LogP contribution in [0.5, 0.6) is 0 Å². The van der Waals surface area contributed by atoms with E-state index in [-0.39, 0.29) is 5.91 Å². The summed E-state index contributed by atoms with van der Waals surface area (Å²) in [5.41, 5.74) is 8.68. The maximum absolute atomic E-state index is 12.1. The molecule has 21 heavy (non-hydrogen) atoms. The standard InChI is InChI=1S/C16H18ClN3O/c1-20(2)15-8-7-13(9-14(15)17)19-16(21)12-5-3-11(10-18)4-6-12/h3-9H,10,18H2,1-2H3,(H,19,21). The van der Waals surface area contributed by atoms with Crippen LogP contribution in [0.1, 0.15) is 15.9 Å². The van der Waals surface area contributed by atoms with E-state index in [2.05, 4.69) is 5.32 Å². The molecule has 2 aromatic carbocycles. The largest absolute Gasteiger partial charge is 0.376 e. The average Bonchev–Trinajstić information content (AvgIpc) is 2.47. The van der Waals surface area contributed by atoms with Gasteiger partial charge in [0.05, 0.1) is 10.7 Å². The first-order valence-corrected chi connectivity index (χ1v) is 6.96. The van der Waals surface area contributed by atoms with Gasteiger partial charge in [0.25, 0.3) is 5.91 Å². The molecule has 0 bridgehead atoms. The molecule has 0 unspecified atom stereocenters. The monoisotopic (exact) mass is 303 g/mol. The molecule has 1 amide bonds. The molecule has 4 nitrogen and oxygen atoms in total. The highest BCUT2D eigenvalue weighted by molar-refractivity contribution is 6.33. The van der Waals surface area contributed by atoms with Gasteiger partial charge in [-0.2, -0.15) is 0 Å².